The molecule has 3 rings (SSSR count). The minimum atomic E-state index is -0.431. The van der Waals surface area contributed by atoms with Crippen molar-refractivity contribution in [2.45, 2.75) is 19.8 Å². The number of nitro benzene ring substituents is 1. The number of aryl methyl sites for hydroxylation is 2. The molecule has 134 valence electrons. The predicted molar refractivity (Wildman–Crippen MR) is 101 cm³/mol. The molecule has 0 radical (unpaired) electrons. The molecular weight excluding hydrogens is 332 g/mol. The van der Waals surface area contributed by atoms with Crippen molar-refractivity contribution < 1.29 is 9.72 Å². The number of benzene rings is 2. The zero-order valence-corrected chi connectivity index (χ0v) is 14.5. The molecule has 26 heavy (non-hydrogen) atoms. The summed E-state index contributed by atoms with van der Waals surface area (Å²) in [5.74, 6) is -0.223. The number of hydrogen-bond donors (Lipinski definition) is 1. The summed E-state index contributed by atoms with van der Waals surface area (Å²) in [6.07, 6.45) is 3.45. The minimum Gasteiger partial charge on any atom is -0.362 e. The van der Waals surface area contributed by atoms with Crippen LogP contribution in [-0.2, 0) is 11.2 Å². The van der Waals surface area contributed by atoms with E-state index in [4.69, 9.17) is 0 Å². The van der Waals surface area contributed by atoms with Gasteiger partial charge in [0.1, 0.15) is 0 Å². The Labute approximate surface area is 151 Å². The van der Waals surface area contributed by atoms with Gasteiger partial charge in [0.15, 0.2) is 0 Å². The molecule has 1 amide bonds. The third-order valence-corrected chi connectivity index (χ3v) is 4.37. The van der Waals surface area contributed by atoms with Crippen molar-refractivity contribution in [3.63, 3.8) is 0 Å². The normalized spacial score (nSPS) is 13.5. The molecule has 0 saturated heterocycles. The Morgan fingerprint density at radius 2 is 2.15 bits per heavy atom. The number of nitrogens with one attached hydrogen (secondary N) is 1. The van der Waals surface area contributed by atoms with Gasteiger partial charge in [-0.2, -0.15) is 5.10 Å². The maximum absolute atomic E-state index is 12.2. The van der Waals surface area contributed by atoms with Gasteiger partial charge < -0.3 is 4.90 Å². The highest BCUT2D eigenvalue weighted by Gasteiger charge is 2.18. The van der Waals surface area contributed by atoms with Gasteiger partial charge in [-0.15, -0.1) is 0 Å². The summed E-state index contributed by atoms with van der Waals surface area (Å²) in [6, 6.07) is 12.9. The number of rotatable bonds is 5. The van der Waals surface area contributed by atoms with Crippen LogP contribution in [0, 0.1) is 17.0 Å². The first kappa shape index (κ1) is 17.6. The van der Waals surface area contributed by atoms with E-state index in [1.54, 1.807) is 19.1 Å². The van der Waals surface area contributed by atoms with E-state index in [2.05, 4.69) is 16.6 Å². The van der Waals surface area contributed by atoms with Crippen molar-refractivity contribution >= 4 is 23.5 Å². The molecule has 7 nitrogen and oxygen atoms in total. The van der Waals surface area contributed by atoms with E-state index in [0.29, 0.717) is 11.1 Å². The molecule has 2 aromatic carbocycles. The van der Waals surface area contributed by atoms with Crippen LogP contribution in [0.1, 0.15) is 23.1 Å². The Bertz CT molecular complexity index is 864. The van der Waals surface area contributed by atoms with Gasteiger partial charge in [-0.3, -0.25) is 14.9 Å². The van der Waals surface area contributed by atoms with Gasteiger partial charge in [0, 0.05) is 29.4 Å². The van der Waals surface area contributed by atoms with Crippen LogP contribution in [0.4, 0.5) is 11.4 Å². The summed E-state index contributed by atoms with van der Waals surface area (Å²) < 4.78 is 0. The number of nitro groups is 1. The molecule has 0 atom stereocenters. The first-order valence-corrected chi connectivity index (χ1v) is 8.44. The maximum atomic E-state index is 12.2. The molecule has 0 bridgehead atoms. The molecule has 0 aliphatic carbocycles. The summed E-state index contributed by atoms with van der Waals surface area (Å²) in [7, 11) is 0. The summed E-state index contributed by atoms with van der Waals surface area (Å²) in [4.78, 5) is 24.7. The Morgan fingerprint density at radius 3 is 2.96 bits per heavy atom. The Balaban J connectivity index is 1.61. The first-order valence-electron chi connectivity index (χ1n) is 8.44. The lowest BCUT2D eigenvalue weighted by atomic mass is 10.0. The molecule has 1 aliphatic heterocycles. The highest BCUT2D eigenvalue weighted by Crippen LogP contribution is 2.26. The highest BCUT2D eigenvalue weighted by atomic mass is 16.6. The van der Waals surface area contributed by atoms with Crippen LogP contribution in [0.25, 0.3) is 0 Å². The number of amides is 1. The number of anilines is 1. The fourth-order valence-electron chi connectivity index (χ4n) is 3.07. The lowest BCUT2D eigenvalue weighted by Crippen LogP contribution is -2.38. The van der Waals surface area contributed by atoms with Crippen LogP contribution in [-0.4, -0.2) is 30.1 Å². The van der Waals surface area contributed by atoms with Gasteiger partial charge in [-0.25, -0.2) is 5.43 Å². The standard InChI is InChI=1S/C19H20N4O3/c1-14-8-9-15(11-18(14)23(25)26)12-20-21-19(24)13-22-10-4-6-16-5-2-3-7-17(16)22/h2-3,5,7-9,11-12H,4,6,10,13H2,1H3,(H,21,24)/b20-12-. The molecule has 0 unspecified atom stereocenters. The second kappa shape index (κ2) is 7.77. The lowest BCUT2D eigenvalue weighted by molar-refractivity contribution is -0.385. The molecule has 1 aliphatic rings. The van der Waals surface area contributed by atoms with E-state index in [9.17, 15) is 14.9 Å². The smallest absolute Gasteiger partial charge is 0.272 e. The second-order valence-electron chi connectivity index (χ2n) is 6.25. The Morgan fingerprint density at radius 1 is 1.35 bits per heavy atom. The van der Waals surface area contributed by atoms with E-state index in [1.165, 1.54) is 17.8 Å². The molecule has 1 heterocycles. The SMILES string of the molecule is Cc1ccc(/C=N\NC(=O)CN2CCCc3ccccc32)cc1[N+](=O)[O-]. The van der Waals surface area contributed by atoms with Gasteiger partial charge in [0.2, 0.25) is 0 Å². The largest absolute Gasteiger partial charge is 0.362 e. The van der Waals surface area contributed by atoms with E-state index < -0.39 is 4.92 Å². The van der Waals surface area contributed by atoms with E-state index in [0.717, 1.165) is 25.1 Å². The topological polar surface area (TPSA) is 87.8 Å². The van der Waals surface area contributed by atoms with Gasteiger partial charge in [0.05, 0.1) is 17.7 Å². The Hall–Kier alpha value is -3.22. The molecule has 0 saturated carbocycles. The van der Waals surface area contributed by atoms with Crippen LogP contribution < -0.4 is 10.3 Å². The average Bonchev–Trinajstić information content (AvgIpc) is 2.63. The van der Waals surface area contributed by atoms with Crippen LogP contribution in [0.15, 0.2) is 47.6 Å². The van der Waals surface area contributed by atoms with Crippen LogP contribution in [0.5, 0.6) is 0 Å². The van der Waals surface area contributed by atoms with Crippen molar-refractivity contribution in [1.29, 1.82) is 0 Å². The van der Waals surface area contributed by atoms with E-state index in [1.807, 2.05) is 23.1 Å². The monoisotopic (exact) mass is 352 g/mol. The fourth-order valence-corrected chi connectivity index (χ4v) is 3.07. The number of carbonyl (C=O) groups excluding carboxylic acids is 1. The predicted octanol–water partition coefficient (Wildman–Crippen LogP) is 2.81. The first-order chi connectivity index (χ1) is 12.5. The zero-order chi connectivity index (χ0) is 18.5. The number of para-hydroxylation sites is 1. The number of fused-ring (bicyclic) bond motifs is 1. The minimum absolute atomic E-state index is 0.0326. The third-order valence-electron chi connectivity index (χ3n) is 4.37. The summed E-state index contributed by atoms with van der Waals surface area (Å²) >= 11 is 0. The molecule has 0 aromatic heterocycles. The lowest BCUT2D eigenvalue weighted by Gasteiger charge is -2.30. The summed E-state index contributed by atoms with van der Waals surface area (Å²) in [5, 5.41) is 14.9. The van der Waals surface area contributed by atoms with Gasteiger partial charge >= 0.3 is 0 Å². The van der Waals surface area contributed by atoms with Crippen molar-refractivity contribution in [1.82, 2.24) is 5.43 Å². The molecule has 0 fully saturated rings. The molecule has 2 aromatic rings. The van der Waals surface area contributed by atoms with Crippen LogP contribution in [0.3, 0.4) is 0 Å². The molecular formula is C19H20N4O3. The van der Waals surface area contributed by atoms with Gasteiger partial charge in [-0.1, -0.05) is 30.3 Å². The number of hydrogen-bond acceptors (Lipinski definition) is 5. The van der Waals surface area contributed by atoms with Gasteiger partial charge in [-0.05, 0) is 31.4 Å². The molecule has 0 spiro atoms. The van der Waals surface area contributed by atoms with Gasteiger partial charge in [0.25, 0.3) is 11.6 Å². The zero-order valence-electron chi connectivity index (χ0n) is 14.5. The molecule has 1 N–H and O–H groups in total. The summed E-state index contributed by atoms with van der Waals surface area (Å²) in [5.41, 5.74) is 6.01. The number of hydrazone groups is 1. The van der Waals surface area contributed by atoms with Crippen molar-refractivity contribution in [2.24, 2.45) is 5.10 Å². The Kier molecular flexibility index (Phi) is 5.26. The van der Waals surface area contributed by atoms with Crippen molar-refractivity contribution in [3.8, 4) is 0 Å². The second-order valence-corrected chi connectivity index (χ2v) is 6.25. The van der Waals surface area contributed by atoms with E-state index >= 15 is 0 Å². The number of carbonyl (C=O) groups is 1. The fraction of sp³-hybridized carbons (Fsp3) is 0.263. The van der Waals surface area contributed by atoms with Crippen LogP contribution in [0.2, 0.25) is 0 Å². The quantitative estimate of drug-likeness (QED) is 0.509. The van der Waals surface area contributed by atoms with Crippen LogP contribution >= 0.6 is 0 Å². The molecule has 7 heteroatoms. The third kappa shape index (κ3) is 4.05. The summed E-state index contributed by atoms with van der Waals surface area (Å²) in [6.45, 7) is 2.73. The van der Waals surface area contributed by atoms with Crippen molar-refractivity contribution in [2.75, 3.05) is 18.0 Å². The van der Waals surface area contributed by atoms with E-state index in [-0.39, 0.29) is 18.1 Å². The van der Waals surface area contributed by atoms with Crippen molar-refractivity contribution in [3.05, 3.63) is 69.3 Å². The number of nitrogens with zero attached hydrogens (tertiary/aromatic N) is 3. The average molecular weight is 352 g/mol. The maximum Gasteiger partial charge on any atom is 0.272 e. The highest BCUT2D eigenvalue weighted by molar-refractivity contribution is 5.85.